The largest absolute Gasteiger partial charge is 0.324 e. The maximum Gasteiger partial charge on any atom is 0.0303 e. The van der Waals surface area contributed by atoms with Crippen LogP contribution >= 0.6 is 11.8 Å². The third kappa shape index (κ3) is 3.49. The minimum atomic E-state index is 0.197. The molecule has 17 heavy (non-hydrogen) atoms. The van der Waals surface area contributed by atoms with Crippen LogP contribution in [0, 0.1) is 0 Å². The van der Waals surface area contributed by atoms with E-state index in [-0.39, 0.29) is 6.04 Å². The first kappa shape index (κ1) is 13.0. The molecule has 94 valence electrons. The van der Waals surface area contributed by atoms with E-state index in [0.29, 0.717) is 0 Å². The number of hydrogen-bond acceptors (Lipinski definition) is 2. The average molecular weight is 249 g/mol. The molecule has 0 aromatic heterocycles. The van der Waals surface area contributed by atoms with Crippen molar-refractivity contribution in [3.05, 3.63) is 29.8 Å². The first-order chi connectivity index (χ1) is 8.31. The van der Waals surface area contributed by atoms with Gasteiger partial charge in [0.25, 0.3) is 0 Å². The Hall–Kier alpha value is -0.470. The molecular weight excluding hydrogens is 226 g/mol. The van der Waals surface area contributed by atoms with Gasteiger partial charge in [0.05, 0.1) is 0 Å². The highest BCUT2D eigenvalue weighted by Gasteiger charge is 2.17. The summed E-state index contributed by atoms with van der Waals surface area (Å²) in [6.45, 7) is 2.16. The van der Waals surface area contributed by atoms with Gasteiger partial charge >= 0.3 is 0 Å². The molecule has 0 heterocycles. The fraction of sp³-hybridized carbons (Fsp3) is 0.600. The van der Waals surface area contributed by atoms with Gasteiger partial charge in [0.15, 0.2) is 0 Å². The average Bonchev–Trinajstić information content (AvgIpc) is 2.40. The molecule has 1 atom stereocenters. The molecule has 0 aliphatic heterocycles. The monoisotopic (exact) mass is 249 g/mol. The van der Waals surface area contributed by atoms with Crippen LogP contribution < -0.4 is 5.73 Å². The zero-order chi connectivity index (χ0) is 12.1. The Labute approximate surface area is 109 Å². The summed E-state index contributed by atoms with van der Waals surface area (Å²) < 4.78 is 0. The number of thioether (sulfide) groups is 1. The second kappa shape index (κ2) is 6.46. The van der Waals surface area contributed by atoms with Crippen LogP contribution in [0.1, 0.15) is 57.1 Å². The van der Waals surface area contributed by atoms with E-state index in [1.165, 1.54) is 42.6 Å². The molecule has 1 aromatic rings. The summed E-state index contributed by atoms with van der Waals surface area (Å²) in [5.41, 5.74) is 7.53. The molecule has 0 spiro atoms. The van der Waals surface area contributed by atoms with Crippen molar-refractivity contribution >= 4 is 11.8 Å². The van der Waals surface area contributed by atoms with E-state index >= 15 is 0 Å². The molecule has 1 aliphatic rings. The number of hydrogen-bond donors (Lipinski definition) is 1. The van der Waals surface area contributed by atoms with Crippen molar-refractivity contribution in [2.24, 2.45) is 5.73 Å². The number of benzene rings is 1. The highest BCUT2D eigenvalue weighted by Crippen LogP contribution is 2.36. The summed E-state index contributed by atoms with van der Waals surface area (Å²) in [5, 5.41) is 0.814. The predicted molar refractivity (Wildman–Crippen MR) is 76.4 cm³/mol. The first-order valence-electron chi connectivity index (χ1n) is 6.82. The smallest absolute Gasteiger partial charge is 0.0303 e. The van der Waals surface area contributed by atoms with E-state index < -0.39 is 0 Å². The van der Waals surface area contributed by atoms with Gasteiger partial charge < -0.3 is 5.73 Å². The molecule has 1 nitrogen and oxygen atoms in total. The molecule has 1 fully saturated rings. The highest BCUT2D eigenvalue weighted by atomic mass is 32.2. The Balaban J connectivity index is 2.08. The molecule has 2 rings (SSSR count). The number of nitrogens with two attached hydrogens (primary N) is 1. The van der Waals surface area contributed by atoms with Crippen LogP contribution in [0.2, 0.25) is 0 Å². The fourth-order valence-corrected chi connectivity index (χ4v) is 3.92. The van der Waals surface area contributed by atoms with Crippen LogP contribution in [0.4, 0.5) is 0 Å². The van der Waals surface area contributed by atoms with Gasteiger partial charge in [-0.15, -0.1) is 11.8 Å². The normalized spacial score (nSPS) is 19.2. The maximum atomic E-state index is 6.19. The van der Waals surface area contributed by atoms with Crippen molar-refractivity contribution in [3.8, 4) is 0 Å². The highest BCUT2D eigenvalue weighted by molar-refractivity contribution is 8.00. The van der Waals surface area contributed by atoms with E-state index in [9.17, 15) is 0 Å². The van der Waals surface area contributed by atoms with Gasteiger partial charge in [0.1, 0.15) is 0 Å². The summed E-state index contributed by atoms with van der Waals surface area (Å²) >= 11 is 2.05. The van der Waals surface area contributed by atoms with Crippen molar-refractivity contribution < 1.29 is 0 Å². The maximum absolute atomic E-state index is 6.19. The lowest BCUT2D eigenvalue weighted by Crippen LogP contribution is -2.12. The molecule has 0 radical (unpaired) electrons. The lowest BCUT2D eigenvalue weighted by molar-refractivity contribution is 0.516. The van der Waals surface area contributed by atoms with Crippen molar-refractivity contribution in [3.63, 3.8) is 0 Å². The Bertz CT molecular complexity index is 345. The van der Waals surface area contributed by atoms with Gasteiger partial charge in [-0.25, -0.2) is 0 Å². The van der Waals surface area contributed by atoms with Crippen molar-refractivity contribution in [1.82, 2.24) is 0 Å². The third-order valence-corrected chi connectivity index (χ3v) is 5.03. The second-order valence-corrected chi connectivity index (χ2v) is 6.27. The topological polar surface area (TPSA) is 26.0 Å². The summed E-state index contributed by atoms with van der Waals surface area (Å²) in [4.78, 5) is 1.41. The first-order valence-corrected chi connectivity index (χ1v) is 7.70. The summed E-state index contributed by atoms with van der Waals surface area (Å²) in [7, 11) is 0. The van der Waals surface area contributed by atoms with Crippen molar-refractivity contribution in [2.75, 3.05) is 0 Å². The van der Waals surface area contributed by atoms with Gasteiger partial charge in [-0.2, -0.15) is 0 Å². The zero-order valence-corrected chi connectivity index (χ0v) is 11.5. The summed E-state index contributed by atoms with van der Waals surface area (Å²) in [5.74, 6) is 0. The fourth-order valence-electron chi connectivity index (χ4n) is 2.48. The van der Waals surface area contributed by atoms with E-state index in [4.69, 9.17) is 5.73 Å². The van der Waals surface area contributed by atoms with Crippen LogP contribution in [-0.2, 0) is 0 Å². The lowest BCUT2D eigenvalue weighted by Gasteiger charge is -2.23. The van der Waals surface area contributed by atoms with Crippen LogP contribution in [0.25, 0.3) is 0 Å². The van der Waals surface area contributed by atoms with Gasteiger partial charge in [0, 0.05) is 16.2 Å². The van der Waals surface area contributed by atoms with Crippen LogP contribution in [0.3, 0.4) is 0 Å². The molecule has 1 aromatic carbocycles. The molecule has 1 saturated carbocycles. The Morgan fingerprint density at radius 3 is 2.65 bits per heavy atom. The molecule has 1 aliphatic carbocycles. The Morgan fingerprint density at radius 2 is 1.94 bits per heavy atom. The van der Waals surface area contributed by atoms with Gasteiger partial charge in [0.2, 0.25) is 0 Å². The van der Waals surface area contributed by atoms with Crippen molar-refractivity contribution in [1.29, 1.82) is 0 Å². The molecule has 2 heteroatoms. The Kier molecular flexibility index (Phi) is 4.93. The quantitative estimate of drug-likeness (QED) is 0.849. The molecular formula is C15H23NS. The summed E-state index contributed by atoms with van der Waals surface area (Å²) in [6.07, 6.45) is 8.00. The van der Waals surface area contributed by atoms with E-state index in [0.717, 1.165) is 11.7 Å². The minimum absolute atomic E-state index is 0.197. The van der Waals surface area contributed by atoms with Crippen LogP contribution in [-0.4, -0.2) is 5.25 Å². The van der Waals surface area contributed by atoms with E-state index in [2.05, 4.69) is 43.0 Å². The minimum Gasteiger partial charge on any atom is -0.324 e. The van der Waals surface area contributed by atoms with Gasteiger partial charge in [-0.05, 0) is 30.9 Å². The molecule has 0 bridgehead atoms. The standard InChI is InChI=1S/C15H23NS/c1-2-14(16)13-10-6-7-11-15(13)17-12-8-4-3-5-9-12/h6-7,10-12,14H,2-5,8-9,16H2,1H3/t14-/m1/s1. The second-order valence-electron chi connectivity index (χ2n) is 4.93. The third-order valence-electron chi connectivity index (χ3n) is 3.60. The van der Waals surface area contributed by atoms with Crippen LogP contribution in [0.15, 0.2) is 29.2 Å². The van der Waals surface area contributed by atoms with Crippen LogP contribution in [0.5, 0.6) is 0 Å². The Morgan fingerprint density at radius 1 is 1.24 bits per heavy atom. The predicted octanol–water partition coefficient (Wildman–Crippen LogP) is 4.52. The van der Waals surface area contributed by atoms with E-state index in [1.807, 2.05) is 0 Å². The number of rotatable bonds is 4. The molecule has 2 N–H and O–H groups in total. The molecule has 0 unspecified atom stereocenters. The van der Waals surface area contributed by atoms with Gasteiger partial charge in [-0.3, -0.25) is 0 Å². The molecule has 0 saturated heterocycles. The molecule has 0 amide bonds. The summed E-state index contributed by atoms with van der Waals surface area (Å²) in [6, 6.07) is 8.87. The van der Waals surface area contributed by atoms with Gasteiger partial charge in [-0.1, -0.05) is 44.4 Å². The van der Waals surface area contributed by atoms with E-state index in [1.54, 1.807) is 0 Å². The van der Waals surface area contributed by atoms with Crippen molar-refractivity contribution in [2.45, 2.75) is 61.6 Å². The zero-order valence-electron chi connectivity index (χ0n) is 10.7. The SMILES string of the molecule is CC[C@@H](N)c1ccccc1SC1CCCCC1. The lowest BCUT2D eigenvalue weighted by atomic mass is 10.0.